The second kappa shape index (κ2) is 5.34. The van der Waals surface area contributed by atoms with Gasteiger partial charge in [-0.15, -0.1) is 11.3 Å². The normalized spacial score (nSPS) is 15.8. The Balaban J connectivity index is 2.05. The van der Waals surface area contributed by atoms with E-state index in [0.29, 0.717) is 31.3 Å². The largest absolute Gasteiger partial charge is 0.378 e. The molecule has 0 aliphatic carbocycles. The Morgan fingerprint density at radius 3 is 2.90 bits per heavy atom. The summed E-state index contributed by atoms with van der Waals surface area (Å²) >= 11 is 1.42. The molecule has 0 spiro atoms. The van der Waals surface area contributed by atoms with Gasteiger partial charge in [0.05, 0.1) is 13.2 Å². The summed E-state index contributed by atoms with van der Waals surface area (Å²) in [7, 11) is 0. The Morgan fingerprint density at radius 2 is 2.20 bits per heavy atom. The van der Waals surface area contributed by atoms with E-state index in [4.69, 9.17) is 4.74 Å². The fraction of sp³-hybridized carbons (Fsp3) is 0.462. The zero-order chi connectivity index (χ0) is 14.1. The highest BCUT2D eigenvalue weighted by Crippen LogP contribution is 2.13. The molecule has 3 heterocycles. The summed E-state index contributed by atoms with van der Waals surface area (Å²) in [6.45, 7) is 4.05. The number of amides is 1. The standard InChI is InChI=1S/C13H15N3O3S/c1-2-9-8-20-13-14-7-10(12(18)16(9)13)11(17)15-3-5-19-6-4-15/h7-8H,2-6H2,1H3. The fourth-order valence-corrected chi connectivity index (χ4v) is 3.21. The lowest BCUT2D eigenvalue weighted by Gasteiger charge is -2.26. The van der Waals surface area contributed by atoms with Crippen molar-refractivity contribution in [3.8, 4) is 0 Å². The topological polar surface area (TPSA) is 63.9 Å². The van der Waals surface area contributed by atoms with E-state index in [1.54, 1.807) is 9.30 Å². The lowest BCUT2D eigenvalue weighted by Crippen LogP contribution is -2.43. The Labute approximate surface area is 119 Å². The van der Waals surface area contributed by atoms with Crippen molar-refractivity contribution in [1.82, 2.24) is 14.3 Å². The van der Waals surface area contributed by atoms with E-state index in [-0.39, 0.29) is 17.0 Å². The minimum atomic E-state index is -0.274. The molecule has 2 aromatic heterocycles. The van der Waals surface area contributed by atoms with Crippen molar-refractivity contribution in [1.29, 1.82) is 0 Å². The zero-order valence-corrected chi connectivity index (χ0v) is 12.0. The van der Waals surface area contributed by atoms with E-state index in [1.807, 2.05) is 12.3 Å². The molecule has 1 saturated heterocycles. The maximum Gasteiger partial charge on any atom is 0.271 e. The van der Waals surface area contributed by atoms with Gasteiger partial charge < -0.3 is 9.64 Å². The molecule has 1 aliphatic heterocycles. The molecule has 0 saturated carbocycles. The van der Waals surface area contributed by atoms with Gasteiger partial charge in [-0.25, -0.2) is 4.98 Å². The number of fused-ring (bicyclic) bond motifs is 1. The van der Waals surface area contributed by atoms with Crippen LogP contribution in [0.5, 0.6) is 0 Å². The first kappa shape index (κ1) is 13.3. The molecule has 0 atom stereocenters. The van der Waals surface area contributed by atoms with E-state index >= 15 is 0 Å². The monoisotopic (exact) mass is 293 g/mol. The van der Waals surface area contributed by atoms with Crippen LogP contribution >= 0.6 is 11.3 Å². The van der Waals surface area contributed by atoms with Crippen molar-refractivity contribution >= 4 is 22.2 Å². The quantitative estimate of drug-likeness (QED) is 0.821. The molecule has 2 aromatic rings. The van der Waals surface area contributed by atoms with Crippen molar-refractivity contribution in [3.05, 3.63) is 33.2 Å². The van der Waals surface area contributed by atoms with E-state index in [1.165, 1.54) is 17.5 Å². The SMILES string of the molecule is CCc1csc2ncc(C(=O)N3CCOCC3)c(=O)n12. The zero-order valence-electron chi connectivity index (χ0n) is 11.2. The van der Waals surface area contributed by atoms with Gasteiger partial charge in [-0.2, -0.15) is 0 Å². The molecule has 1 amide bonds. The second-order valence-corrected chi connectivity index (χ2v) is 5.42. The van der Waals surface area contributed by atoms with Gasteiger partial charge in [0.1, 0.15) is 5.56 Å². The van der Waals surface area contributed by atoms with Crippen LogP contribution < -0.4 is 5.56 Å². The van der Waals surface area contributed by atoms with Gasteiger partial charge in [-0.3, -0.25) is 14.0 Å². The summed E-state index contributed by atoms with van der Waals surface area (Å²) < 4.78 is 6.76. The number of aromatic nitrogens is 2. The molecule has 1 fully saturated rings. The number of hydrogen-bond acceptors (Lipinski definition) is 5. The van der Waals surface area contributed by atoms with Crippen LogP contribution in [-0.2, 0) is 11.2 Å². The van der Waals surface area contributed by atoms with Crippen LogP contribution in [0.1, 0.15) is 23.0 Å². The molecule has 0 N–H and O–H groups in total. The van der Waals surface area contributed by atoms with Gasteiger partial charge in [0.15, 0.2) is 4.96 Å². The summed E-state index contributed by atoms with van der Waals surface area (Å²) in [5.41, 5.74) is 0.751. The number of morpholine rings is 1. The van der Waals surface area contributed by atoms with Gasteiger partial charge in [-0.1, -0.05) is 6.92 Å². The molecule has 0 unspecified atom stereocenters. The average molecular weight is 293 g/mol. The minimum Gasteiger partial charge on any atom is -0.378 e. The number of carbonyl (C=O) groups is 1. The Bertz CT molecular complexity index is 700. The number of aryl methyl sites for hydroxylation is 1. The molecule has 1 aliphatic rings. The van der Waals surface area contributed by atoms with Gasteiger partial charge in [0.2, 0.25) is 0 Å². The Morgan fingerprint density at radius 1 is 1.45 bits per heavy atom. The van der Waals surface area contributed by atoms with Gasteiger partial charge in [0.25, 0.3) is 11.5 Å². The van der Waals surface area contributed by atoms with Gasteiger partial charge in [-0.05, 0) is 6.42 Å². The van der Waals surface area contributed by atoms with Crippen LogP contribution in [-0.4, -0.2) is 46.5 Å². The third kappa shape index (κ3) is 2.12. The predicted molar refractivity (Wildman–Crippen MR) is 75.4 cm³/mol. The van der Waals surface area contributed by atoms with Crippen LogP contribution in [0.2, 0.25) is 0 Å². The van der Waals surface area contributed by atoms with E-state index in [2.05, 4.69) is 4.98 Å². The van der Waals surface area contributed by atoms with Crippen LogP contribution in [0.25, 0.3) is 4.96 Å². The first-order valence-electron chi connectivity index (χ1n) is 6.57. The maximum atomic E-state index is 12.5. The van der Waals surface area contributed by atoms with Crippen molar-refractivity contribution in [2.24, 2.45) is 0 Å². The molecule has 0 aromatic carbocycles. The van der Waals surface area contributed by atoms with Crippen LogP contribution in [0.3, 0.4) is 0 Å². The molecule has 3 rings (SSSR count). The smallest absolute Gasteiger partial charge is 0.271 e. The molecular weight excluding hydrogens is 278 g/mol. The summed E-state index contributed by atoms with van der Waals surface area (Å²) in [5.74, 6) is -0.256. The highest BCUT2D eigenvalue weighted by Gasteiger charge is 2.22. The molecule has 0 radical (unpaired) electrons. The highest BCUT2D eigenvalue weighted by molar-refractivity contribution is 7.15. The van der Waals surface area contributed by atoms with E-state index in [9.17, 15) is 9.59 Å². The van der Waals surface area contributed by atoms with E-state index < -0.39 is 0 Å². The molecule has 6 nitrogen and oxygen atoms in total. The van der Waals surface area contributed by atoms with Crippen molar-refractivity contribution < 1.29 is 9.53 Å². The first-order chi connectivity index (χ1) is 9.72. The summed E-state index contributed by atoms with van der Waals surface area (Å²) in [5, 5.41) is 1.91. The molecular formula is C13H15N3O3S. The average Bonchev–Trinajstić information content (AvgIpc) is 2.92. The summed E-state index contributed by atoms with van der Waals surface area (Å²) in [6, 6.07) is 0. The van der Waals surface area contributed by atoms with Gasteiger partial charge >= 0.3 is 0 Å². The molecule has 20 heavy (non-hydrogen) atoms. The second-order valence-electron chi connectivity index (χ2n) is 4.58. The van der Waals surface area contributed by atoms with Crippen molar-refractivity contribution in [2.45, 2.75) is 13.3 Å². The number of rotatable bonds is 2. The van der Waals surface area contributed by atoms with Gasteiger partial charge in [0, 0.05) is 30.4 Å². The van der Waals surface area contributed by atoms with E-state index in [0.717, 1.165) is 12.1 Å². The Hall–Kier alpha value is -1.73. The Kier molecular flexibility index (Phi) is 3.54. The predicted octanol–water partition coefficient (Wildman–Crippen LogP) is 0.791. The number of hydrogen-bond donors (Lipinski definition) is 0. The fourth-order valence-electron chi connectivity index (χ4n) is 2.27. The molecule has 7 heteroatoms. The lowest BCUT2D eigenvalue weighted by molar-refractivity contribution is 0.0301. The number of nitrogens with zero attached hydrogens (tertiary/aromatic N) is 3. The third-order valence-corrected chi connectivity index (χ3v) is 4.30. The first-order valence-corrected chi connectivity index (χ1v) is 7.45. The summed E-state index contributed by atoms with van der Waals surface area (Å²) in [4.78, 5) is 31.4. The maximum absolute atomic E-state index is 12.5. The molecule has 106 valence electrons. The van der Waals surface area contributed by atoms with Crippen LogP contribution in [0, 0.1) is 0 Å². The number of thiazole rings is 1. The lowest BCUT2D eigenvalue weighted by atomic mass is 10.2. The number of carbonyl (C=O) groups excluding carboxylic acids is 1. The highest BCUT2D eigenvalue weighted by atomic mass is 32.1. The van der Waals surface area contributed by atoms with Crippen molar-refractivity contribution in [2.75, 3.05) is 26.3 Å². The third-order valence-electron chi connectivity index (χ3n) is 3.41. The van der Waals surface area contributed by atoms with Crippen LogP contribution in [0.15, 0.2) is 16.4 Å². The number of ether oxygens (including phenoxy) is 1. The van der Waals surface area contributed by atoms with Crippen LogP contribution in [0.4, 0.5) is 0 Å². The van der Waals surface area contributed by atoms with Crippen molar-refractivity contribution in [3.63, 3.8) is 0 Å². The molecule has 0 bridgehead atoms. The minimum absolute atomic E-state index is 0.137. The summed E-state index contributed by atoms with van der Waals surface area (Å²) in [6.07, 6.45) is 2.13.